The molecule has 0 aromatic heterocycles. The molecule has 4 heteroatoms. The zero-order chi connectivity index (χ0) is 15.2. The minimum absolute atomic E-state index is 0.262. The van der Waals surface area contributed by atoms with Crippen LogP contribution in [0.1, 0.15) is 65.2 Å². The van der Waals surface area contributed by atoms with E-state index in [0.29, 0.717) is 17.8 Å². The standard InChI is InChI=1S/C17H32NO2P/c1-3-7-14-12(2)10-16(20-21)15(14)11-18-17(19)13-8-5-4-6-9-13/h12-16H,3-11,21H2,1-2H3,(H,18,19)/t12-,14-,15+,16?/m0/s1. The second-order valence-corrected chi connectivity index (χ2v) is 7.36. The zero-order valence-corrected chi connectivity index (χ0v) is 14.8. The van der Waals surface area contributed by atoms with Crippen LogP contribution in [-0.2, 0) is 9.32 Å². The Hall–Kier alpha value is -0.140. The summed E-state index contributed by atoms with van der Waals surface area (Å²) in [5.74, 6) is 2.41. The van der Waals surface area contributed by atoms with Crippen molar-refractivity contribution in [2.75, 3.05) is 6.54 Å². The van der Waals surface area contributed by atoms with Crippen LogP contribution in [-0.4, -0.2) is 18.6 Å². The van der Waals surface area contributed by atoms with Gasteiger partial charge in [0.25, 0.3) is 0 Å². The topological polar surface area (TPSA) is 38.3 Å². The van der Waals surface area contributed by atoms with Gasteiger partial charge in [-0.3, -0.25) is 4.79 Å². The fourth-order valence-electron chi connectivity index (χ4n) is 4.41. The Kier molecular flexibility index (Phi) is 6.95. The van der Waals surface area contributed by atoms with Gasteiger partial charge in [-0.05, 0) is 31.1 Å². The van der Waals surface area contributed by atoms with Gasteiger partial charge in [0.15, 0.2) is 0 Å². The number of nitrogens with one attached hydrogen (secondary N) is 1. The molecule has 5 atom stereocenters. The third-order valence-electron chi connectivity index (χ3n) is 5.65. The summed E-state index contributed by atoms with van der Waals surface area (Å²) in [6, 6.07) is 0. The Labute approximate surface area is 132 Å². The number of hydrogen-bond acceptors (Lipinski definition) is 2. The first-order valence-corrected chi connectivity index (χ1v) is 9.27. The quantitative estimate of drug-likeness (QED) is 0.755. The molecule has 3 nitrogen and oxygen atoms in total. The highest BCUT2D eigenvalue weighted by Gasteiger charge is 2.40. The summed E-state index contributed by atoms with van der Waals surface area (Å²) >= 11 is 0. The van der Waals surface area contributed by atoms with Crippen LogP contribution in [0.25, 0.3) is 0 Å². The fraction of sp³-hybridized carbons (Fsp3) is 0.941. The van der Waals surface area contributed by atoms with E-state index in [2.05, 4.69) is 28.6 Å². The Morgan fingerprint density at radius 1 is 1.24 bits per heavy atom. The molecule has 122 valence electrons. The van der Waals surface area contributed by atoms with Gasteiger partial charge in [-0.15, -0.1) is 0 Å². The van der Waals surface area contributed by atoms with Crippen molar-refractivity contribution in [2.45, 2.75) is 71.3 Å². The lowest BCUT2D eigenvalue weighted by Gasteiger charge is -2.27. The first-order valence-electron chi connectivity index (χ1n) is 8.80. The second kappa shape index (κ2) is 8.48. The van der Waals surface area contributed by atoms with E-state index in [4.69, 9.17) is 4.52 Å². The highest BCUT2D eigenvalue weighted by atomic mass is 31.0. The summed E-state index contributed by atoms with van der Waals surface area (Å²) in [6.07, 6.45) is 9.75. The molecule has 2 aliphatic carbocycles. The molecule has 0 radical (unpaired) electrons. The average molecular weight is 313 g/mol. The molecular formula is C17H32NO2P. The predicted molar refractivity (Wildman–Crippen MR) is 89.8 cm³/mol. The summed E-state index contributed by atoms with van der Waals surface area (Å²) < 4.78 is 5.61. The van der Waals surface area contributed by atoms with E-state index >= 15 is 0 Å². The molecule has 0 spiro atoms. The molecule has 2 unspecified atom stereocenters. The number of carbonyl (C=O) groups is 1. The summed E-state index contributed by atoms with van der Waals surface area (Å²) in [4.78, 5) is 12.3. The van der Waals surface area contributed by atoms with Gasteiger partial charge in [0.2, 0.25) is 5.91 Å². The Bertz CT molecular complexity index is 331. The van der Waals surface area contributed by atoms with Gasteiger partial charge in [0.05, 0.1) is 6.10 Å². The van der Waals surface area contributed by atoms with Gasteiger partial charge in [-0.2, -0.15) is 0 Å². The third-order valence-corrected chi connectivity index (χ3v) is 6.00. The minimum Gasteiger partial charge on any atom is -0.362 e. The van der Waals surface area contributed by atoms with Gasteiger partial charge in [0, 0.05) is 27.8 Å². The molecular weight excluding hydrogens is 281 g/mol. The van der Waals surface area contributed by atoms with Gasteiger partial charge in [0.1, 0.15) is 0 Å². The highest BCUT2D eigenvalue weighted by Crippen LogP contribution is 2.42. The highest BCUT2D eigenvalue weighted by molar-refractivity contribution is 7.09. The number of carbonyl (C=O) groups excluding carboxylic acids is 1. The Morgan fingerprint density at radius 2 is 1.95 bits per heavy atom. The summed E-state index contributed by atoms with van der Waals surface area (Å²) in [6.45, 7) is 5.38. The van der Waals surface area contributed by atoms with E-state index in [1.807, 2.05) is 0 Å². The fourth-order valence-corrected chi connectivity index (χ4v) is 4.73. The monoisotopic (exact) mass is 313 g/mol. The van der Waals surface area contributed by atoms with Crippen molar-refractivity contribution in [1.82, 2.24) is 5.32 Å². The predicted octanol–water partition coefficient (Wildman–Crippen LogP) is 3.93. The normalized spacial score (nSPS) is 34.0. The van der Waals surface area contributed by atoms with Crippen LogP contribution in [0.15, 0.2) is 0 Å². The molecule has 2 fully saturated rings. The van der Waals surface area contributed by atoms with Crippen molar-refractivity contribution in [3.05, 3.63) is 0 Å². The van der Waals surface area contributed by atoms with Crippen molar-refractivity contribution in [2.24, 2.45) is 23.7 Å². The Balaban J connectivity index is 1.87. The second-order valence-electron chi connectivity index (χ2n) is 7.08. The molecule has 0 aromatic rings. The van der Waals surface area contributed by atoms with Gasteiger partial charge < -0.3 is 9.84 Å². The SMILES string of the molecule is CCC[C@H]1[C@@H](C)CC(OP)[C@@H]1CNC(=O)C1CCCCC1. The van der Waals surface area contributed by atoms with Crippen LogP contribution in [0.2, 0.25) is 0 Å². The summed E-state index contributed by atoms with van der Waals surface area (Å²) in [5.41, 5.74) is 0. The molecule has 0 saturated heterocycles. The van der Waals surface area contributed by atoms with Crippen molar-refractivity contribution in [3.8, 4) is 0 Å². The van der Waals surface area contributed by atoms with E-state index < -0.39 is 0 Å². The van der Waals surface area contributed by atoms with Gasteiger partial charge in [-0.1, -0.05) is 46.0 Å². The smallest absolute Gasteiger partial charge is 0.223 e. The van der Waals surface area contributed by atoms with Crippen molar-refractivity contribution in [3.63, 3.8) is 0 Å². The van der Waals surface area contributed by atoms with Crippen LogP contribution >= 0.6 is 9.47 Å². The first kappa shape index (κ1) is 17.2. The van der Waals surface area contributed by atoms with Crippen LogP contribution in [0.5, 0.6) is 0 Å². The van der Waals surface area contributed by atoms with E-state index in [1.54, 1.807) is 0 Å². The van der Waals surface area contributed by atoms with Crippen molar-refractivity contribution in [1.29, 1.82) is 0 Å². The van der Waals surface area contributed by atoms with Crippen LogP contribution in [0.3, 0.4) is 0 Å². The van der Waals surface area contributed by atoms with Crippen molar-refractivity contribution < 1.29 is 9.32 Å². The largest absolute Gasteiger partial charge is 0.362 e. The third kappa shape index (κ3) is 4.42. The molecule has 0 heterocycles. The maximum Gasteiger partial charge on any atom is 0.223 e. The summed E-state index contributed by atoms with van der Waals surface area (Å²) in [7, 11) is 2.43. The lowest BCUT2D eigenvalue weighted by Crippen LogP contribution is -2.39. The van der Waals surface area contributed by atoms with E-state index in [9.17, 15) is 4.79 Å². The van der Waals surface area contributed by atoms with E-state index in [0.717, 1.165) is 25.8 Å². The molecule has 2 rings (SSSR count). The molecule has 0 aromatic carbocycles. The molecule has 2 aliphatic rings. The first-order chi connectivity index (χ1) is 10.2. The van der Waals surface area contributed by atoms with Gasteiger partial charge in [-0.25, -0.2) is 0 Å². The maximum atomic E-state index is 12.3. The number of rotatable bonds is 6. The summed E-state index contributed by atoms with van der Waals surface area (Å²) in [5, 5.41) is 3.24. The van der Waals surface area contributed by atoms with Crippen LogP contribution in [0.4, 0.5) is 0 Å². The van der Waals surface area contributed by atoms with Crippen LogP contribution in [0, 0.1) is 23.7 Å². The lowest BCUT2D eigenvalue weighted by molar-refractivity contribution is -0.126. The maximum absolute atomic E-state index is 12.3. The van der Waals surface area contributed by atoms with Crippen molar-refractivity contribution >= 4 is 15.4 Å². The molecule has 0 aliphatic heterocycles. The molecule has 0 bridgehead atoms. The molecule has 1 amide bonds. The van der Waals surface area contributed by atoms with Gasteiger partial charge >= 0.3 is 0 Å². The molecule has 1 N–H and O–H groups in total. The van der Waals surface area contributed by atoms with Crippen LogP contribution < -0.4 is 5.32 Å². The van der Waals surface area contributed by atoms with E-state index in [1.165, 1.54) is 32.1 Å². The Morgan fingerprint density at radius 3 is 2.57 bits per heavy atom. The molecule has 21 heavy (non-hydrogen) atoms. The number of amides is 1. The van der Waals surface area contributed by atoms with E-state index in [-0.39, 0.29) is 17.9 Å². The lowest BCUT2D eigenvalue weighted by atomic mass is 9.85. The zero-order valence-electron chi connectivity index (χ0n) is 13.6. The molecule has 2 saturated carbocycles. The average Bonchev–Trinajstić information content (AvgIpc) is 2.82. The number of hydrogen-bond donors (Lipinski definition) is 1. The minimum atomic E-state index is 0.262.